The number of ether oxygens (including phenoxy) is 1. The van der Waals surface area contributed by atoms with Gasteiger partial charge in [0.15, 0.2) is 6.61 Å². The Labute approximate surface area is 117 Å². The number of alkyl halides is 5. The van der Waals surface area contributed by atoms with Crippen LogP contribution in [0.15, 0.2) is 18.2 Å². The van der Waals surface area contributed by atoms with Gasteiger partial charge in [0.05, 0.1) is 0 Å². The van der Waals surface area contributed by atoms with Gasteiger partial charge in [0.25, 0.3) is 0 Å². The van der Waals surface area contributed by atoms with Crippen LogP contribution in [0.3, 0.4) is 0 Å². The maximum atomic E-state index is 12.6. The smallest absolute Gasteiger partial charge is 0.456 e. The molecule has 19 heavy (non-hydrogen) atoms. The van der Waals surface area contributed by atoms with Crippen LogP contribution in [0, 0.1) is 0 Å². The minimum atomic E-state index is -5.65. The summed E-state index contributed by atoms with van der Waals surface area (Å²) in [6.07, 6.45) is -5.65. The first-order valence-corrected chi connectivity index (χ1v) is 5.10. The molecule has 2 N–H and O–H groups in total. The molecule has 0 bridgehead atoms. The molecule has 0 saturated carbocycles. The normalized spacial score (nSPS) is 11.9. The van der Waals surface area contributed by atoms with E-state index < -0.39 is 18.7 Å². The van der Waals surface area contributed by atoms with Crippen molar-refractivity contribution < 1.29 is 26.7 Å². The van der Waals surface area contributed by atoms with E-state index in [9.17, 15) is 22.0 Å². The quantitative estimate of drug-likeness (QED) is 0.855. The molecule has 0 aromatic heterocycles. The molecule has 2 nitrogen and oxygen atoms in total. The Morgan fingerprint density at radius 1 is 1.11 bits per heavy atom. The first-order chi connectivity index (χ1) is 8.15. The maximum absolute atomic E-state index is 12.6. The molecule has 0 aliphatic carbocycles. The first kappa shape index (κ1) is 18.2. The molecule has 9 heteroatoms. The van der Waals surface area contributed by atoms with E-state index in [0.29, 0.717) is 5.56 Å². The minimum absolute atomic E-state index is 0. The SMILES string of the molecule is Cl.NCc1cc(Cl)cc(OCC(F)(F)C(F)(F)F)c1. The second-order valence-electron chi connectivity index (χ2n) is 3.49. The van der Waals surface area contributed by atoms with Gasteiger partial charge in [-0.2, -0.15) is 22.0 Å². The number of hydrogen-bond acceptors (Lipinski definition) is 2. The number of rotatable bonds is 4. The van der Waals surface area contributed by atoms with Gasteiger partial charge in [0, 0.05) is 11.6 Å². The Bertz CT molecular complexity index is 425. The molecule has 0 heterocycles. The number of hydrogen-bond donors (Lipinski definition) is 1. The lowest BCUT2D eigenvalue weighted by molar-refractivity contribution is -0.290. The standard InChI is InChI=1S/C10H9ClF5NO.ClH/c11-7-1-6(4-17)2-8(3-7)18-5-9(12,13)10(14,15)16;/h1-3H,4-5,17H2;1H. The molecule has 0 spiro atoms. The predicted octanol–water partition coefficient (Wildman–Crippen LogP) is 3.80. The number of benzene rings is 1. The van der Waals surface area contributed by atoms with Crippen LogP contribution in [0.25, 0.3) is 0 Å². The fraction of sp³-hybridized carbons (Fsp3) is 0.400. The van der Waals surface area contributed by atoms with Crippen LogP contribution in [0.1, 0.15) is 5.56 Å². The molecule has 0 unspecified atom stereocenters. The highest BCUT2D eigenvalue weighted by atomic mass is 35.5. The number of halogens is 7. The third-order valence-electron chi connectivity index (χ3n) is 2.00. The third-order valence-corrected chi connectivity index (χ3v) is 2.22. The van der Waals surface area contributed by atoms with Crippen LogP contribution in [-0.4, -0.2) is 18.7 Å². The zero-order chi connectivity index (χ0) is 14.0. The van der Waals surface area contributed by atoms with E-state index in [2.05, 4.69) is 4.74 Å². The highest BCUT2D eigenvalue weighted by Crippen LogP contribution is 2.36. The Kier molecular flexibility index (Phi) is 6.31. The second kappa shape index (κ2) is 6.58. The van der Waals surface area contributed by atoms with Crippen LogP contribution in [0.2, 0.25) is 5.02 Å². The van der Waals surface area contributed by atoms with Crippen molar-refractivity contribution in [2.24, 2.45) is 5.73 Å². The summed E-state index contributed by atoms with van der Waals surface area (Å²) in [4.78, 5) is 0. The molecule has 0 radical (unpaired) electrons. The third kappa shape index (κ3) is 5.00. The average Bonchev–Trinajstić information content (AvgIpc) is 2.24. The van der Waals surface area contributed by atoms with E-state index in [-0.39, 0.29) is 29.7 Å². The van der Waals surface area contributed by atoms with E-state index >= 15 is 0 Å². The predicted molar refractivity (Wildman–Crippen MR) is 63.1 cm³/mol. The summed E-state index contributed by atoms with van der Waals surface area (Å²) in [5, 5.41) is 0.142. The fourth-order valence-electron chi connectivity index (χ4n) is 1.08. The van der Waals surface area contributed by atoms with E-state index in [4.69, 9.17) is 17.3 Å². The molecule has 0 atom stereocenters. The van der Waals surface area contributed by atoms with Crippen molar-refractivity contribution >= 4 is 24.0 Å². The van der Waals surface area contributed by atoms with Crippen LogP contribution >= 0.6 is 24.0 Å². The monoisotopic (exact) mass is 325 g/mol. The second-order valence-corrected chi connectivity index (χ2v) is 3.93. The Hall–Kier alpha value is -0.790. The summed E-state index contributed by atoms with van der Waals surface area (Å²) in [6.45, 7) is -1.74. The van der Waals surface area contributed by atoms with Crippen molar-refractivity contribution in [1.82, 2.24) is 0 Å². The van der Waals surface area contributed by atoms with Gasteiger partial charge >= 0.3 is 12.1 Å². The summed E-state index contributed by atoms with van der Waals surface area (Å²) in [5.74, 6) is -5.11. The molecule has 1 rings (SSSR count). The molecular formula is C10H10Cl2F5NO. The summed E-state index contributed by atoms with van der Waals surface area (Å²) in [7, 11) is 0. The maximum Gasteiger partial charge on any atom is 0.456 e. The lowest BCUT2D eigenvalue weighted by Gasteiger charge is -2.20. The molecule has 0 amide bonds. The van der Waals surface area contributed by atoms with Crippen molar-refractivity contribution in [3.05, 3.63) is 28.8 Å². The van der Waals surface area contributed by atoms with Crippen LogP contribution in [0.5, 0.6) is 5.75 Å². The minimum Gasteiger partial charge on any atom is -0.487 e. The Morgan fingerprint density at radius 2 is 1.68 bits per heavy atom. The molecule has 1 aromatic rings. The highest BCUT2D eigenvalue weighted by Gasteiger charge is 2.58. The van der Waals surface area contributed by atoms with Crippen molar-refractivity contribution in [2.75, 3.05) is 6.61 Å². The summed E-state index contributed by atoms with van der Waals surface area (Å²) >= 11 is 5.62. The van der Waals surface area contributed by atoms with E-state index in [1.807, 2.05) is 0 Å². The fourth-order valence-corrected chi connectivity index (χ4v) is 1.33. The lowest BCUT2D eigenvalue weighted by Crippen LogP contribution is -2.41. The van der Waals surface area contributed by atoms with E-state index in [0.717, 1.165) is 6.07 Å². The Balaban J connectivity index is 0.00000324. The van der Waals surface area contributed by atoms with Crippen LogP contribution < -0.4 is 10.5 Å². The molecule has 0 aliphatic rings. The largest absolute Gasteiger partial charge is 0.487 e. The van der Waals surface area contributed by atoms with Gasteiger partial charge in [0.2, 0.25) is 0 Å². The van der Waals surface area contributed by atoms with Gasteiger partial charge in [-0.25, -0.2) is 0 Å². The van der Waals surface area contributed by atoms with Crippen molar-refractivity contribution in [1.29, 1.82) is 0 Å². The summed E-state index contributed by atoms with van der Waals surface area (Å²) in [5.41, 5.74) is 5.76. The van der Waals surface area contributed by atoms with Gasteiger partial charge in [-0.05, 0) is 23.8 Å². The Morgan fingerprint density at radius 3 is 2.16 bits per heavy atom. The van der Waals surface area contributed by atoms with Crippen molar-refractivity contribution in [3.8, 4) is 5.75 Å². The van der Waals surface area contributed by atoms with Gasteiger partial charge in [-0.3, -0.25) is 0 Å². The molecule has 0 aliphatic heterocycles. The molecule has 0 saturated heterocycles. The van der Waals surface area contributed by atoms with E-state index in [1.54, 1.807) is 0 Å². The summed E-state index contributed by atoms with van der Waals surface area (Å²) < 4.78 is 65.2. The molecule has 110 valence electrons. The lowest BCUT2D eigenvalue weighted by atomic mass is 10.2. The molecular weight excluding hydrogens is 316 g/mol. The number of nitrogens with two attached hydrogens (primary N) is 1. The van der Waals surface area contributed by atoms with Gasteiger partial charge in [-0.15, -0.1) is 12.4 Å². The van der Waals surface area contributed by atoms with Gasteiger partial charge < -0.3 is 10.5 Å². The van der Waals surface area contributed by atoms with Crippen LogP contribution in [-0.2, 0) is 6.54 Å². The average molecular weight is 326 g/mol. The van der Waals surface area contributed by atoms with Crippen LogP contribution in [0.4, 0.5) is 22.0 Å². The molecule has 1 aromatic carbocycles. The summed E-state index contributed by atoms with van der Waals surface area (Å²) in [6, 6.07) is 3.84. The first-order valence-electron chi connectivity index (χ1n) is 4.72. The zero-order valence-corrected chi connectivity index (χ0v) is 10.9. The van der Waals surface area contributed by atoms with E-state index in [1.165, 1.54) is 12.1 Å². The molecule has 0 fully saturated rings. The van der Waals surface area contributed by atoms with Gasteiger partial charge in [-0.1, -0.05) is 11.6 Å². The topological polar surface area (TPSA) is 35.2 Å². The highest BCUT2D eigenvalue weighted by molar-refractivity contribution is 6.30. The van der Waals surface area contributed by atoms with Crippen molar-refractivity contribution in [3.63, 3.8) is 0 Å². The van der Waals surface area contributed by atoms with Crippen molar-refractivity contribution in [2.45, 2.75) is 18.6 Å². The van der Waals surface area contributed by atoms with Gasteiger partial charge in [0.1, 0.15) is 5.75 Å². The zero-order valence-electron chi connectivity index (χ0n) is 9.31.